The maximum absolute atomic E-state index is 11.7. The standard InChI is InChI=1S/C17H16ClN5O3.C7H15N/c1-10(2)26-17(25)21-12-6-19-16-22-15(8-23(16)7-12)13-5-11(20-9-24)3-4-14(13)18;1-6-4-5-7(2)8(6)3/h3-10H,1-2H3,(H,20,24)(H,21,25);6-7H,4-5H2,1-3H3. The van der Waals surface area contributed by atoms with Gasteiger partial charge in [0.05, 0.1) is 28.7 Å². The van der Waals surface area contributed by atoms with E-state index >= 15 is 0 Å². The number of likely N-dealkylation sites (tertiary alicyclic amines) is 1. The van der Waals surface area contributed by atoms with Crippen molar-refractivity contribution in [2.24, 2.45) is 0 Å². The molecule has 0 radical (unpaired) electrons. The molecule has 1 saturated heterocycles. The molecule has 10 heteroatoms. The number of benzene rings is 1. The van der Waals surface area contributed by atoms with Gasteiger partial charge in [-0.05, 0) is 65.8 Å². The Hall–Kier alpha value is -3.17. The zero-order valence-electron chi connectivity index (χ0n) is 20.1. The van der Waals surface area contributed by atoms with E-state index in [-0.39, 0.29) is 6.10 Å². The summed E-state index contributed by atoms with van der Waals surface area (Å²) in [5, 5.41) is 5.67. The van der Waals surface area contributed by atoms with Crippen LogP contribution in [0.4, 0.5) is 16.2 Å². The van der Waals surface area contributed by atoms with Gasteiger partial charge in [-0.15, -0.1) is 0 Å². The molecule has 2 N–H and O–H groups in total. The van der Waals surface area contributed by atoms with Gasteiger partial charge in [-0.2, -0.15) is 0 Å². The SMILES string of the molecule is CC(C)OC(=O)Nc1cnc2nc(-c3cc(NC=O)ccc3Cl)cn2c1.CC1CCC(C)N1C. The summed E-state index contributed by atoms with van der Waals surface area (Å²) < 4.78 is 6.70. The van der Waals surface area contributed by atoms with Gasteiger partial charge in [-0.3, -0.25) is 14.5 Å². The summed E-state index contributed by atoms with van der Waals surface area (Å²) in [5.74, 6) is 0.438. The molecule has 1 aromatic carbocycles. The third kappa shape index (κ3) is 6.45. The Morgan fingerprint density at radius 3 is 2.50 bits per heavy atom. The van der Waals surface area contributed by atoms with E-state index in [9.17, 15) is 9.59 Å². The maximum Gasteiger partial charge on any atom is 0.411 e. The quantitative estimate of drug-likeness (QED) is 0.488. The molecule has 4 rings (SSSR count). The number of fused-ring (bicyclic) bond motifs is 1. The fourth-order valence-corrected chi connectivity index (χ4v) is 3.86. The van der Waals surface area contributed by atoms with Gasteiger partial charge in [0.1, 0.15) is 0 Å². The van der Waals surface area contributed by atoms with Crippen molar-refractivity contribution >= 4 is 41.3 Å². The molecule has 0 saturated carbocycles. The first-order chi connectivity index (χ1) is 16.2. The van der Waals surface area contributed by atoms with Gasteiger partial charge in [-0.1, -0.05) is 11.6 Å². The lowest BCUT2D eigenvalue weighted by molar-refractivity contribution is -0.105. The fourth-order valence-electron chi connectivity index (χ4n) is 3.64. The van der Waals surface area contributed by atoms with Gasteiger partial charge in [0.25, 0.3) is 0 Å². The molecule has 2 amide bonds. The Morgan fingerprint density at radius 1 is 1.21 bits per heavy atom. The van der Waals surface area contributed by atoms with Crippen LogP contribution < -0.4 is 10.6 Å². The second-order valence-corrected chi connectivity index (χ2v) is 9.06. The minimum atomic E-state index is -0.558. The number of carbonyl (C=O) groups excluding carboxylic acids is 2. The molecule has 3 heterocycles. The summed E-state index contributed by atoms with van der Waals surface area (Å²) in [5.41, 5.74) is 2.30. The molecule has 1 fully saturated rings. The number of aromatic nitrogens is 3. The van der Waals surface area contributed by atoms with Crippen LogP contribution in [0.1, 0.15) is 40.5 Å². The van der Waals surface area contributed by atoms with Crippen molar-refractivity contribution < 1.29 is 14.3 Å². The van der Waals surface area contributed by atoms with Crippen LogP contribution in [0, 0.1) is 0 Å². The van der Waals surface area contributed by atoms with Gasteiger partial charge in [0.15, 0.2) is 0 Å². The van der Waals surface area contributed by atoms with Gasteiger partial charge < -0.3 is 15.0 Å². The molecule has 182 valence electrons. The zero-order valence-corrected chi connectivity index (χ0v) is 20.8. The highest BCUT2D eigenvalue weighted by molar-refractivity contribution is 6.33. The van der Waals surface area contributed by atoms with E-state index in [0.717, 1.165) is 12.1 Å². The molecule has 2 atom stereocenters. The van der Waals surface area contributed by atoms with Crippen molar-refractivity contribution in [3.63, 3.8) is 0 Å². The Kier molecular flexibility index (Phi) is 8.46. The van der Waals surface area contributed by atoms with Gasteiger partial charge in [0, 0.05) is 35.7 Å². The molecule has 1 aliphatic rings. The number of halogens is 1. The van der Waals surface area contributed by atoms with Gasteiger partial charge in [0.2, 0.25) is 12.2 Å². The lowest BCUT2D eigenvalue weighted by Crippen LogP contribution is -2.27. The normalized spacial score (nSPS) is 17.9. The second kappa shape index (κ2) is 11.3. The number of ether oxygens (including phenoxy) is 1. The van der Waals surface area contributed by atoms with Crippen LogP contribution in [-0.2, 0) is 9.53 Å². The number of nitrogens with one attached hydrogen (secondary N) is 2. The lowest BCUT2D eigenvalue weighted by atomic mass is 10.1. The van der Waals surface area contributed by atoms with Crippen molar-refractivity contribution in [3.8, 4) is 11.3 Å². The van der Waals surface area contributed by atoms with Crippen LogP contribution in [0.3, 0.4) is 0 Å². The number of hydrogen-bond acceptors (Lipinski definition) is 6. The molecule has 2 unspecified atom stereocenters. The van der Waals surface area contributed by atoms with Crippen LogP contribution in [0.5, 0.6) is 0 Å². The first kappa shape index (κ1) is 25.5. The Bertz CT molecular complexity index is 1140. The van der Waals surface area contributed by atoms with E-state index in [1.165, 1.54) is 19.0 Å². The monoisotopic (exact) mass is 486 g/mol. The van der Waals surface area contributed by atoms with Gasteiger partial charge in [-0.25, -0.2) is 14.8 Å². The number of rotatable bonds is 5. The molecule has 1 aliphatic heterocycles. The van der Waals surface area contributed by atoms with E-state index in [0.29, 0.717) is 39.8 Å². The Morgan fingerprint density at radius 2 is 1.91 bits per heavy atom. The molecule has 9 nitrogen and oxygen atoms in total. The molecular weight excluding hydrogens is 456 g/mol. The van der Waals surface area contributed by atoms with E-state index in [4.69, 9.17) is 16.3 Å². The average Bonchev–Trinajstić information content (AvgIpc) is 3.33. The third-order valence-corrected chi connectivity index (χ3v) is 6.09. The highest BCUT2D eigenvalue weighted by atomic mass is 35.5. The van der Waals surface area contributed by atoms with Crippen molar-refractivity contribution in [2.45, 2.75) is 58.7 Å². The summed E-state index contributed by atoms with van der Waals surface area (Å²) in [6.45, 7) is 8.12. The molecule has 0 aliphatic carbocycles. The fraction of sp³-hybridized carbons (Fsp3) is 0.417. The second-order valence-electron chi connectivity index (χ2n) is 8.65. The van der Waals surface area contributed by atoms with Crippen molar-refractivity contribution in [3.05, 3.63) is 41.8 Å². The number of amides is 2. The summed E-state index contributed by atoms with van der Waals surface area (Å²) in [4.78, 5) is 33.4. The van der Waals surface area contributed by atoms with Crippen LogP contribution in [0.15, 0.2) is 36.8 Å². The molecule has 3 aromatic rings. The number of hydrogen-bond donors (Lipinski definition) is 2. The first-order valence-corrected chi connectivity index (χ1v) is 11.6. The van der Waals surface area contributed by atoms with Crippen molar-refractivity contribution in [1.82, 2.24) is 19.3 Å². The van der Waals surface area contributed by atoms with Gasteiger partial charge >= 0.3 is 6.09 Å². The topological polar surface area (TPSA) is 101 Å². The third-order valence-electron chi connectivity index (χ3n) is 5.76. The summed E-state index contributed by atoms with van der Waals surface area (Å²) in [6.07, 6.45) is 7.47. The van der Waals surface area contributed by atoms with Crippen LogP contribution in [0.25, 0.3) is 17.0 Å². The molecular formula is C24H31ClN6O3. The summed E-state index contributed by atoms with van der Waals surface area (Å²) in [7, 11) is 2.21. The maximum atomic E-state index is 11.7. The summed E-state index contributed by atoms with van der Waals surface area (Å²) >= 11 is 6.25. The van der Waals surface area contributed by atoms with Crippen molar-refractivity contribution in [1.29, 1.82) is 0 Å². The zero-order chi connectivity index (χ0) is 24.8. The lowest BCUT2D eigenvalue weighted by Gasteiger charge is -2.18. The van der Waals surface area contributed by atoms with E-state index in [1.54, 1.807) is 48.8 Å². The van der Waals surface area contributed by atoms with E-state index in [2.05, 4.69) is 46.4 Å². The molecule has 0 bridgehead atoms. The molecule has 34 heavy (non-hydrogen) atoms. The predicted octanol–water partition coefficient (Wildman–Crippen LogP) is 5.06. The Balaban J connectivity index is 0.000000343. The number of imidazole rings is 1. The highest BCUT2D eigenvalue weighted by Crippen LogP contribution is 2.30. The molecule has 2 aromatic heterocycles. The number of anilines is 2. The smallest absolute Gasteiger partial charge is 0.411 e. The minimum absolute atomic E-state index is 0.221. The van der Waals surface area contributed by atoms with Crippen LogP contribution in [-0.4, -0.2) is 57.0 Å². The predicted molar refractivity (Wildman–Crippen MR) is 134 cm³/mol. The van der Waals surface area contributed by atoms with Crippen LogP contribution >= 0.6 is 11.6 Å². The van der Waals surface area contributed by atoms with Crippen molar-refractivity contribution in [2.75, 3.05) is 17.7 Å². The highest BCUT2D eigenvalue weighted by Gasteiger charge is 2.22. The minimum Gasteiger partial charge on any atom is -0.447 e. The average molecular weight is 487 g/mol. The van der Waals surface area contributed by atoms with Crippen LogP contribution in [0.2, 0.25) is 5.02 Å². The number of nitrogens with zero attached hydrogens (tertiary/aromatic N) is 4. The Labute approximate surface area is 204 Å². The first-order valence-electron chi connectivity index (χ1n) is 11.2. The van der Waals surface area contributed by atoms with E-state index in [1.807, 2.05) is 0 Å². The summed E-state index contributed by atoms with van der Waals surface area (Å²) in [6, 6.07) is 6.73. The largest absolute Gasteiger partial charge is 0.447 e. The molecule has 0 spiro atoms. The number of carbonyl (C=O) groups is 2. The van der Waals surface area contributed by atoms with E-state index < -0.39 is 6.09 Å².